The average molecular weight is 295 g/mol. The summed E-state index contributed by atoms with van der Waals surface area (Å²) in [4.78, 5) is 15.0. The molecule has 0 amide bonds. The van der Waals surface area contributed by atoms with Crippen LogP contribution in [0.1, 0.15) is 29.9 Å². The summed E-state index contributed by atoms with van der Waals surface area (Å²) in [6, 6.07) is -1.08. The van der Waals surface area contributed by atoms with Gasteiger partial charge in [-0.3, -0.25) is 9.48 Å². The second kappa shape index (κ2) is 6.02. The van der Waals surface area contributed by atoms with Crippen LogP contribution in [0.4, 0.5) is 5.13 Å². The fraction of sp³-hybridized carbons (Fsp3) is 0.417. The van der Waals surface area contributed by atoms with Gasteiger partial charge >= 0.3 is 5.97 Å². The Morgan fingerprint density at radius 2 is 2.40 bits per heavy atom. The normalized spacial score (nSPS) is 12.3. The first-order valence-corrected chi connectivity index (χ1v) is 7.08. The highest BCUT2D eigenvalue weighted by molar-refractivity contribution is 7.13. The Bertz CT molecular complexity index is 607. The molecule has 0 aliphatic carbocycles. The molecule has 1 unspecified atom stereocenters. The predicted octanol–water partition coefficient (Wildman–Crippen LogP) is 1.14. The number of aromatic nitrogens is 3. The van der Waals surface area contributed by atoms with E-state index >= 15 is 0 Å². The van der Waals surface area contributed by atoms with Crippen molar-refractivity contribution in [2.75, 3.05) is 5.32 Å². The largest absolute Gasteiger partial charge is 0.480 e. The molecular formula is C12H17N5O2S. The van der Waals surface area contributed by atoms with E-state index in [-0.39, 0.29) is 0 Å². The van der Waals surface area contributed by atoms with Crippen LogP contribution >= 0.6 is 11.3 Å². The van der Waals surface area contributed by atoms with E-state index < -0.39 is 12.0 Å². The van der Waals surface area contributed by atoms with Crippen molar-refractivity contribution in [2.24, 2.45) is 12.8 Å². The van der Waals surface area contributed by atoms with E-state index in [1.54, 1.807) is 10.1 Å². The maximum absolute atomic E-state index is 10.8. The fourth-order valence-electron chi connectivity index (χ4n) is 1.84. The van der Waals surface area contributed by atoms with Gasteiger partial charge in [-0.25, -0.2) is 4.98 Å². The number of carbonyl (C=O) groups is 1. The number of nitrogens with two attached hydrogens (primary N) is 1. The monoisotopic (exact) mass is 295 g/mol. The molecule has 0 aliphatic rings. The minimum Gasteiger partial charge on any atom is -0.480 e. The molecule has 0 bridgehead atoms. The SMILES string of the molecule is CCc1nn(C)cc1CNc1nc(C(N)C(=O)O)cs1. The second-order valence-electron chi connectivity index (χ2n) is 4.38. The van der Waals surface area contributed by atoms with Gasteiger partial charge in [0.05, 0.1) is 11.4 Å². The Kier molecular flexibility index (Phi) is 4.35. The molecule has 0 saturated heterocycles. The number of nitrogens with zero attached hydrogens (tertiary/aromatic N) is 3. The number of aryl methyl sites for hydroxylation is 2. The average Bonchev–Trinajstić information content (AvgIpc) is 3.01. The zero-order valence-corrected chi connectivity index (χ0v) is 12.1. The van der Waals surface area contributed by atoms with E-state index in [4.69, 9.17) is 10.8 Å². The highest BCUT2D eigenvalue weighted by Gasteiger charge is 2.17. The summed E-state index contributed by atoms with van der Waals surface area (Å²) < 4.78 is 1.78. The van der Waals surface area contributed by atoms with Crippen LogP contribution in [-0.2, 0) is 24.8 Å². The lowest BCUT2D eigenvalue weighted by molar-refractivity contribution is -0.138. The van der Waals surface area contributed by atoms with Crippen LogP contribution in [0.15, 0.2) is 11.6 Å². The molecule has 2 rings (SSSR count). The summed E-state index contributed by atoms with van der Waals surface area (Å²) in [5.74, 6) is -1.08. The van der Waals surface area contributed by atoms with Crippen molar-refractivity contribution in [1.29, 1.82) is 0 Å². The summed E-state index contributed by atoms with van der Waals surface area (Å²) in [6.07, 6.45) is 2.83. The van der Waals surface area contributed by atoms with Crippen LogP contribution in [0.25, 0.3) is 0 Å². The van der Waals surface area contributed by atoms with Crippen LogP contribution in [0.5, 0.6) is 0 Å². The highest BCUT2D eigenvalue weighted by Crippen LogP contribution is 2.20. The molecule has 1 atom stereocenters. The van der Waals surface area contributed by atoms with Crippen LogP contribution in [0.2, 0.25) is 0 Å². The molecule has 108 valence electrons. The molecule has 0 fully saturated rings. The molecule has 2 aromatic rings. The van der Waals surface area contributed by atoms with Crippen molar-refractivity contribution in [1.82, 2.24) is 14.8 Å². The van der Waals surface area contributed by atoms with E-state index in [0.717, 1.165) is 17.7 Å². The molecule has 2 aromatic heterocycles. The smallest absolute Gasteiger partial charge is 0.326 e. The summed E-state index contributed by atoms with van der Waals surface area (Å²) in [5.41, 5.74) is 8.02. The number of anilines is 1. The first kappa shape index (κ1) is 14.5. The van der Waals surface area contributed by atoms with Crippen molar-refractivity contribution in [2.45, 2.75) is 25.9 Å². The van der Waals surface area contributed by atoms with Crippen LogP contribution in [-0.4, -0.2) is 25.8 Å². The summed E-state index contributed by atoms with van der Waals surface area (Å²) >= 11 is 1.34. The fourth-order valence-corrected chi connectivity index (χ4v) is 2.58. The van der Waals surface area contributed by atoms with Crippen LogP contribution in [0.3, 0.4) is 0 Å². The lowest BCUT2D eigenvalue weighted by Gasteiger charge is -2.03. The van der Waals surface area contributed by atoms with Gasteiger partial charge in [0.15, 0.2) is 5.13 Å². The molecular weight excluding hydrogens is 278 g/mol. The number of hydrogen-bond donors (Lipinski definition) is 3. The summed E-state index contributed by atoms with van der Waals surface area (Å²) in [7, 11) is 1.88. The van der Waals surface area contributed by atoms with Gasteiger partial charge in [-0.1, -0.05) is 6.92 Å². The Balaban J connectivity index is 2.02. The number of aliphatic carboxylic acids is 1. The second-order valence-corrected chi connectivity index (χ2v) is 5.23. The topological polar surface area (TPSA) is 106 Å². The molecule has 0 aromatic carbocycles. The van der Waals surface area contributed by atoms with Crippen LogP contribution in [0, 0.1) is 0 Å². The van der Waals surface area contributed by atoms with E-state index in [1.807, 2.05) is 13.2 Å². The third kappa shape index (κ3) is 3.14. The van der Waals surface area contributed by atoms with Crippen molar-refractivity contribution < 1.29 is 9.90 Å². The zero-order chi connectivity index (χ0) is 14.7. The number of thiazole rings is 1. The molecule has 8 heteroatoms. The van der Waals surface area contributed by atoms with E-state index in [0.29, 0.717) is 17.4 Å². The molecule has 2 heterocycles. The van der Waals surface area contributed by atoms with Crippen molar-refractivity contribution in [3.8, 4) is 0 Å². The lowest BCUT2D eigenvalue weighted by Crippen LogP contribution is -2.20. The molecule has 7 nitrogen and oxygen atoms in total. The Labute approximate surface area is 120 Å². The quantitative estimate of drug-likeness (QED) is 0.738. The number of rotatable bonds is 6. The number of nitrogens with one attached hydrogen (secondary N) is 1. The Morgan fingerprint density at radius 3 is 3.05 bits per heavy atom. The molecule has 0 saturated carbocycles. The van der Waals surface area contributed by atoms with Gasteiger partial charge in [0.2, 0.25) is 0 Å². The van der Waals surface area contributed by atoms with Gasteiger partial charge in [-0.05, 0) is 6.42 Å². The van der Waals surface area contributed by atoms with E-state index in [9.17, 15) is 4.79 Å². The standard InChI is InChI=1S/C12H17N5O2S/c1-3-8-7(5-17(2)16-8)4-14-12-15-9(6-20-12)10(13)11(18)19/h5-6,10H,3-4,13H2,1-2H3,(H,14,15)(H,18,19). The highest BCUT2D eigenvalue weighted by atomic mass is 32.1. The van der Waals surface area contributed by atoms with Crippen molar-refractivity contribution >= 4 is 22.4 Å². The molecule has 20 heavy (non-hydrogen) atoms. The summed E-state index contributed by atoms with van der Waals surface area (Å²) in [5, 5.41) is 18.7. The van der Waals surface area contributed by atoms with Crippen molar-refractivity contribution in [3.63, 3.8) is 0 Å². The number of carboxylic acids is 1. The third-order valence-electron chi connectivity index (χ3n) is 2.86. The first-order chi connectivity index (χ1) is 9.51. The number of hydrogen-bond acceptors (Lipinski definition) is 6. The lowest BCUT2D eigenvalue weighted by atomic mass is 10.2. The molecule has 0 spiro atoms. The Morgan fingerprint density at radius 1 is 1.65 bits per heavy atom. The minimum atomic E-state index is -1.08. The molecule has 0 radical (unpaired) electrons. The predicted molar refractivity (Wildman–Crippen MR) is 76.6 cm³/mol. The van der Waals surface area contributed by atoms with Gasteiger partial charge in [0, 0.05) is 30.7 Å². The van der Waals surface area contributed by atoms with Gasteiger partial charge in [0.1, 0.15) is 6.04 Å². The van der Waals surface area contributed by atoms with Gasteiger partial charge < -0.3 is 16.2 Å². The zero-order valence-electron chi connectivity index (χ0n) is 11.3. The van der Waals surface area contributed by atoms with E-state index in [2.05, 4.69) is 22.3 Å². The maximum atomic E-state index is 10.8. The van der Waals surface area contributed by atoms with Gasteiger partial charge in [-0.15, -0.1) is 11.3 Å². The van der Waals surface area contributed by atoms with Gasteiger partial charge in [0.25, 0.3) is 0 Å². The molecule has 4 N–H and O–H groups in total. The van der Waals surface area contributed by atoms with E-state index in [1.165, 1.54) is 11.3 Å². The maximum Gasteiger partial charge on any atom is 0.326 e. The molecule has 0 aliphatic heterocycles. The van der Waals surface area contributed by atoms with Crippen molar-refractivity contribution in [3.05, 3.63) is 28.5 Å². The van der Waals surface area contributed by atoms with Gasteiger partial charge in [-0.2, -0.15) is 5.10 Å². The number of carboxylic acid groups (broad SMARTS) is 1. The summed E-state index contributed by atoms with van der Waals surface area (Å²) in [6.45, 7) is 2.66. The Hall–Kier alpha value is -1.93. The first-order valence-electron chi connectivity index (χ1n) is 6.20. The minimum absolute atomic E-state index is 0.368. The third-order valence-corrected chi connectivity index (χ3v) is 3.68. The van der Waals surface area contributed by atoms with Crippen LogP contribution < -0.4 is 11.1 Å².